The van der Waals surface area contributed by atoms with Gasteiger partial charge in [-0.15, -0.1) is 11.3 Å². The van der Waals surface area contributed by atoms with Crippen LogP contribution in [0.2, 0.25) is 0 Å². The number of amides is 1. The van der Waals surface area contributed by atoms with Crippen molar-refractivity contribution in [2.24, 2.45) is 0 Å². The summed E-state index contributed by atoms with van der Waals surface area (Å²) in [5, 5.41) is 14.4. The van der Waals surface area contributed by atoms with Crippen LogP contribution in [0.3, 0.4) is 0 Å². The third-order valence-electron chi connectivity index (χ3n) is 2.61. The summed E-state index contributed by atoms with van der Waals surface area (Å²) in [7, 11) is 0. The van der Waals surface area contributed by atoms with Gasteiger partial charge in [0.2, 0.25) is 5.91 Å². The standard InChI is InChI=1S/C15H15NO2S/c1-11(17)13-6-2-3-7-14(13)16-15(18)9-8-12-5-4-10-19-12/h2-11,17H,1H3,(H,16,18). The predicted molar refractivity (Wildman–Crippen MR) is 79.1 cm³/mol. The van der Waals surface area contributed by atoms with Crippen LogP contribution in [0.1, 0.15) is 23.5 Å². The van der Waals surface area contributed by atoms with Gasteiger partial charge in [-0.1, -0.05) is 24.3 Å². The van der Waals surface area contributed by atoms with Gasteiger partial charge < -0.3 is 10.4 Å². The molecule has 1 amide bonds. The molecule has 0 aliphatic heterocycles. The second-order valence-electron chi connectivity index (χ2n) is 4.10. The monoisotopic (exact) mass is 273 g/mol. The molecule has 1 aromatic carbocycles. The molecular weight excluding hydrogens is 258 g/mol. The summed E-state index contributed by atoms with van der Waals surface area (Å²) in [6.45, 7) is 1.67. The molecule has 0 fully saturated rings. The Kier molecular flexibility index (Phi) is 4.49. The van der Waals surface area contributed by atoms with Crippen LogP contribution >= 0.6 is 11.3 Å². The Morgan fingerprint density at radius 3 is 2.79 bits per heavy atom. The van der Waals surface area contributed by atoms with Crippen LogP contribution in [0.4, 0.5) is 5.69 Å². The number of hydrogen-bond acceptors (Lipinski definition) is 3. The van der Waals surface area contributed by atoms with Crippen LogP contribution in [-0.4, -0.2) is 11.0 Å². The zero-order valence-corrected chi connectivity index (χ0v) is 11.4. The van der Waals surface area contributed by atoms with Crippen molar-refractivity contribution in [3.63, 3.8) is 0 Å². The number of hydrogen-bond donors (Lipinski definition) is 2. The highest BCUT2D eigenvalue weighted by atomic mass is 32.1. The molecule has 3 nitrogen and oxygen atoms in total. The fraction of sp³-hybridized carbons (Fsp3) is 0.133. The molecule has 0 saturated carbocycles. The largest absolute Gasteiger partial charge is 0.389 e. The van der Waals surface area contributed by atoms with Gasteiger partial charge in [0, 0.05) is 22.2 Å². The number of anilines is 1. The first-order chi connectivity index (χ1) is 9.16. The van der Waals surface area contributed by atoms with Gasteiger partial charge in [-0.2, -0.15) is 0 Å². The van der Waals surface area contributed by atoms with E-state index in [4.69, 9.17) is 0 Å². The molecule has 1 atom stereocenters. The van der Waals surface area contributed by atoms with E-state index >= 15 is 0 Å². The number of aliphatic hydroxyl groups excluding tert-OH is 1. The topological polar surface area (TPSA) is 49.3 Å². The number of aliphatic hydroxyl groups is 1. The molecule has 1 unspecified atom stereocenters. The lowest BCUT2D eigenvalue weighted by atomic mass is 10.1. The molecule has 1 heterocycles. The lowest BCUT2D eigenvalue weighted by molar-refractivity contribution is -0.111. The highest BCUT2D eigenvalue weighted by Gasteiger charge is 2.08. The van der Waals surface area contributed by atoms with E-state index in [1.807, 2.05) is 29.6 Å². The number of carbonyl (C=O) groups excluding carboxylic acids is 1. The first-order valence-corrected chi connectivity index (χ1v) is 6.84. The van der Waals surface area contributed by atoms with Crippen molar-refractivity contribution in [2.75, 3.05) is 5.32 Å². The number of para-hydroxylation sites is 1. The SMILES string of the molecule is CC(O)c1ccccc1NC(=O)C=Cc1cccs1. The maximum absolute atomic E-state index is 11.8. The van der Waals surface area contributed by atoms with Crippen molar-refractivity contribution < 1.29 is 9.90 Å². The zero-order chi connectivity index (χ0) is 13.7. The van der Waals surface area contributed by atoms with Crippen molar-refractivity contribution in [3.8, 4) is 0 Å². The average molecular weight is 273 g/mol. The smallest absolute Gasteiger partial charge is 0.248 e. The van der Waals surface area contributed by atoms with Gasteiger partial charge in [-0.25, -0.2) is 0 Å². The fourth-order valence-corrected chi connectivity index (χ4v) is 2.31. The third-order valence-corrected chi connectivity index (χ3v) is 3.45. The number of rotatable bonds is 4. The first kappa shape index (κ1) is 13.5. The molecule has 2 aromatic rings. The van der Waals surface area contributed by atoms with Gasteiger partial charge in [0.15, 0.2) is 0 Å². The van der Waals surface area contributed by atoms with Crippen molar-refractivity contribution in [2.45, 2.75) is 13.0 Å². The molecular formula is C15H15NO2S. The van der Waals surface area contributed by atoms with Crippen LogP contribution < -0.4 is 5.32 Å². The van der Waals surface area contributed by atoms with Crippen LogP contribution in [0, 0.1) is 0 Å². The van der Waals surface area contributed by atoms with E-state index in [-0.39, 0.29) is 5.91 Å². The van der Waals surface area contributed by atoms with Crippen molar-refractivity contribution in [1.82, 2.24) is 0 Å². The second kappa shape index (κ2) is 6.31. The minimum atomic E-state index is -0.613. The molecule has 2 N–H and O–H groups in total. The maximum atomic E-state index is 11.8. The van der Waals surface area contributed by atoms with Gasteiger partial charge in [-0.05, 0) is 30.5 Å². The summed E-state index contributed by atoms with van der Waals surface area (Å²) < 4.78 is 0. The number of nitrogens with one attached hydrogen (secondary N) is 1. The first-order valence-electron chi connectivity index (χ1n) is 5.96. The molecule has 19 heavy (non-hydrogen) atoms. The Labute approximate surface area is 116 Å². The highest BCUT2D eigenvalue weighted by Crippen LogP contribution is 2.22. The van der Waals surface area contributed by atoms with E-state index < -0.39 is 6.10 Å². The number of thiophene rings is 1. The number of benzene rings is 1. The Morgan fingerprint density at radius 1 is 1.32 bits per heavy atom. The van der Waals surface area contributed by atoms with E-state index in [1.165, 1.54) is 6.08 Å². The van der Waals surface area contributed by atoms with E-state index in [2.05, 4.69) is 5.32 Å². The quantitative estimate of drug-likeness (QED) is 0.838. The van der Waals surface area contributed by atoms with Gasteiger partial charge >= 0.3 is 0 Å². The van der Waals surface area contributed by atoms with Crippen molar-refractivity contribution in [1.29, 1.82) is 0 Å². The minimum Gasteiger partial charge on any atom is -0.389 e. The zero-order valence-electron chi connectivity index (χ0n) is 10.5. The van der Waals surface area contributed by atoms with Crippen LogP contribution in [0.25, 0.3) is 6.08 Å². The molecule has 0 saturated heterocycles. The summed E-state index contributed by atoms with van der Waals surface area (Å²) in [5.41, 5.74) is 1.35. The van der Waals surface area contributed by atoms with E-state index in [1.54, 1.807) is 36.5 Å². The van der Waals surface area contributed by atoms with Gasteiger partial charge in [0.05, 0.1) is 6.10 Å². The molecule has 0 bridgehead atoms. The summed E-state index contributed by atoms with van der Waals surface area (Å²) in [6, 6.07) is 11.1. The lowest BCUT2D eigenvalue weighted by Crippen LogP contribution is -2.10. The predicted octanol–water partition coefficient (Wildman–Crippen LogP) is 3.45. The molecule has 0 aliphatic rings. The van der Waals surface area contributed by atoms with E-state index in [0.717, 1.165) is 4.88 Å². The molecule has 0 aliphatic carbocycles. The maximum Gasteiger partial charge on any atom is 0.248 e. The fourth-order valence-electron chi connectivity index (χ4n) is 1.69. The Bertz CT molecular complexity index is 574. The van der Waals surface area contributed by atoms with Crippen LogP contribution in [-0.2, 0) is 4.79 Å². The van der Waals surface area contributed by atoms with E-state index in [9.17, 15) is 9.90 Å². The summed E-state index contributed by atoms with van der Waals surface area (Å²) in [4.78, 5) is 12.8. The molecule has 0 radical (unpaired) electrons. The van der Waals surface area contributed by atoms with Crippen LogP contribution in [0.5, 0.6) is 0 Å². The number of carbonyl (C=O) groups is 1. The minimum absolute atomic E-state index is 0.207. The normalized spacial score (nSPS) is 12.5. The van der Waals surface area contributed by atoms with Crippen molar-refractivity contribution in [3.05, 3.63) is 58.3 Å². The lowest BCUT2D eigenvalue weighted by Gasteiger charge is -2.11. The molecule has 0 spiro atoms. The van der Waals surface area contributed by atoms with E-state index in [0.29, 0.717) is 11.3 Å². The molecule has 1 aromatic heterocycles. The van der Waals surface area contributed by atoms with Crippen LogP contribution in [0.15, 0.2) is 47.9 Å². The van der Waals surface area contributed by atoms with Crippen molar-refractivity contribution >= 4 is 29.0 Å². The summed E-state index contributed by atoms with van der Waals surface area (Å²) in [6.07, 6.45) is 2.65. The summed E-state index contributed by atoms with van der Waals surface area (Å²) in [5.74, 6) is -0.207. The summed E-state index contributed by atoms with van der Waals surface area (Å²) >= 11 is 1.57. The highest BCUT2D eigenvalue weighted by molar-refractivity contribution is 7.10. The van der Waals surface area contributed by atoms with Gasteiger partial charge in [0.25, 0.3) is 0 Å². The van der Waals surface area contributed by atoms with Gasteiger partial charge in [-0.3, -0.25) is 4.79 Å². The Morgan fingerprint density at radius 2 is 2.11 bits per heavy atom. The second-order valence-corrected chi connectivity index (χ2v) is 5.08. The third kappa shape index (κ3) is 3.77. The Balaban J connectivity index is 2.07. The molecule has 98 valence electrons. The molecule has 2 rings (SSSR count). The average Bonchev–Trinajstić information content (AvgIpc) is 2.90. The van der Waals surface area contributed by atoms with Gasteiger partial charge in [0.1, 0.15) is 0 Å². The molecule has 4 heteroatoms. The Hall–Kier alpha value is -1.91.